The summed E-state index contributed by atoms with van der Waals surface area (Å²) in [5, 5.41) is 16.5. The lowest BCUT2D eigenvalue weighted by molar-refractivity contribution is -0.384. The summed E-state index contributed by atoms with van der Waals surface area (Å²) in [5.74, 6) is -0.649. The van der Waals surface area contributed by atoms with Gasteiger partial charge < -0.3 is 10.6 Å². The Kier molecular flexibility index (Phi) is 5.41. The first-order valence-electron chi connectivity index (χ1n) is 8.12. The average Bonchev–Trinajstić information content (AvgIpc) is 3.05. The van der Waals surface area contributed by atoms with Crippen molar-refractivity contribution < 1.29 is 14.5 Å². The van der Waals surface area contributed by atoms with Crippen LogP contribution in [0, 0.1) is 17.0 Å². The SMILES string of the molecule is Cc1cccc2sc(NC(=O)CCNC(=O)c3ccc([N+](=O)[O-])cc3)nc12. The van der Waals surface area contributed by atoms with Gasteiger partial charge in [-0.05, 0) is 30.7 Å². The topological polar surface area (TPSA) is 114 Å². The molecule has 2 aromatic carbocycles. The van der Waals surface area contributed by atoms with Crippen LogP contribution in [-0.2, 0) is 4.79 Å². The van der Waals surface area contributed by atoms with E-state index in [2.05, 4.69) is 15.6 Å². The molecule has 1 aromatic heterocycles. The van der Waals surface area contributed by atoms with Gasteiger partial charge in [-0.1, -0.05) is 23.5 Å². The molecule has 2 amide bonds. The van der Waals surface area contributed by atoms with E-state index in [4.69, 9.17) is 0 Å². The summed E-state index contributed by atoms with van der Waals surface area (Å²) in [5.41, 5.74) is 2.11. The second-order valence-corrected chi connectivity index (χ2v) is 6.83. The lowest BCUT2D eigenvalue weighted by atomic mass is 10.2. The molecule has 3 rings (SSSR count). The highest BCUT2D eigenvalue weighted by molar-refractivity contribution is 7.22. The van der Waals surface area contributed by atoms with Crippen LogP contribution >= 0.6 is 11.3 Å². The van der Waals surface area contributed by atoms with E-state index < -0.39 is 10.8 Å². The van der Waals surface area contributed by atoms with E-state index >= 15 is 0 Å². The normalized spacial score (nSPS) is 10.6. The summed E-state index contributed by atoms with van der Waals surface area (Å²) < 4.78 is 0.997. The van der Waals surface area contributed by atoms with Crippen LogP contribution in [0.4, 0.5) is 10.8 Å². The Labute approximate surface area is 158 Å². The van der Waals surface area contributed by atoms with Crippen LogP contribution in [0.2, 0.25) is 0 Å². The summed E-state index contributed by atoms with van der Waals surface area (Å²) in [6, 6.07) is 11.1. The summed E-state index contributed by atoms with van der Waals surface area (Å²) in [4.78, 5) is 38.5. The molecular weight excluding hydrogens is 368 g/mol. The molecule has 8 nitrogen and oxygen atoms in total. The second kappa shape index (κ2) is 7.92. The van der Waals surface area contributed by atoms with Crippen LogP contribution in [0.3, 0.4) is 0 Å². The number of para-hydroxylation sites is 1. The maximum Gasteiger partial charge on any atom is 0.269 e. The van der Waals surface area contributed by atoms with Crippen LogP contribution in [0.15, 0.2) is 42.5 Å². The molecule has 0 spiro atoms. The van der Waals surface area contributed by atoms with Crippen LogP contribution < -0.4 is 10.6 Å². The van der Waals surface area contributed by atoms with Gasteiger partial charge in [-0.25, -0.2) is 4.98 Å². The fourth-order valence-corrected chi connectivity index (χ4v) is 3.41. The van der Waals surface area contributed by atoms with Crippen molar-refractivity contribution in [2.45, 2.75) is 13.3 Å². The Morgan fingerprint density at radius 1 is 1.19 bits per heavy atom. The number of rotatable bonds is 6. The van der Waals surface area contributed by atoms with Crippen LogP contribution in [-0.4, -0.2) is 28.3 Å². The van der Waals surface area contributed by atoms with Crippen molar-refractivity contribution in [2.24, 2.45) is 0 Å². The van der Waals surface area contributed by atoms with Crippen LogP contribution in [0.1, 0.15) is 22.3 Å². The average molecular weight is 384 g/mol. The van der Waals surface area contributed by atoms with Crippen molar-refractivity contribution in [1.82, 2.24) is 10.3 Å². The van der Waals surface area contributed by atoms with Gasteiger partial charge in [0.25, 0.3) is 11.6 Å². The van der Waals surface area contributed by atoms with Crippen molar-refractivity contribution in [3.05, 3.63) is 63.7 Å². The number of non-ortho nitro benzene ring substituents is 1. The first kappa shape index (κ1) is 18.5. The van der Waals surface area contributed by atoms with Gasteiger partial charge in [-0.15, -0.1) is 0 Å². The Morgan fingerprint density at radius 2 is 1.93 bits per heavy atom. The molecule has 0 aliphatic rings. The molecule has 9 heteroatoms. The number of nitro groups is 1. The van der Waals surface area contributed by atoms with E-state index in [9.17, 15) is 19.7 Å². The molecule has 0 saturated heterocycles. The Bertz CT molecular complexity index is 1010. The molecule has 27 heavy (non-hydrogen) atoms. The number of hydrogen-bond acceptors (Lipinski definition) is 6. The summed E-state index contributed by atoms with van der Waals surface area (Å²) >= 11 is 1.39. The molecule has 0 bridgehead atoms. The molecular formula is C18H16N4O4S. The molecule has 1 heterocycles. The van der Waals surface area contributed by atoms with Crippen molar-refractivity contribution in [2.75, 3.05) is 11.9 Å². The number of nitro benzene ring substituents is 1. The maximum absolute atomic E-state index is 12.0. The van der Waals surface area contributed by atoms with E-state index in [1.165, 1.54) is 35.6 Å². The fourth-order valence-electron chi connectivity index (χ4n) is 2.45. The minimum Gasteiger partial charge on any atom is -0.352 e. The number of carbonyl (C=O) groups is 2. The Balaban J connectivity index is 1.50. The van der Waals surface area contributed by atoms with Gasteiger partial charge in [0.15, 0.2) is 5.13 Å². The largest absolute Gasteiger partial charge is 0.352 e. The molecule has 0 radical (unpaired) electrons. The van der Waals surface area contributed by atoms with Gasteiger partial charge in [-0.3, -0.25) is 19.7 Å². The second-order valence-electron chi connectivity index (χ2n) is 5.80. The molecule has 0 aliphatic carbocycles. The highest BCUT2D eigenvalue weighted by atomic mass is 32.1. The van der Waals surface area contributed by atoms with Crippen LogP contribution in [0.5, 0.6) is 0 Å². The number of carbonyl (C=O) groups excluding carboxylic acids is 2. The summed E-state index contributed by atoms with van der Waals surface area (Å²) in [6.45, 7) is 2.10. The van der Waals surface area contributed by atoms with E-state index in [1.807, 2.05) is 25.1 Å². The van der Waals surface area contributed by atoms with Crippen molar-refractivity contribution in [3.8, 4) is 0 Å². The molecule has 0 saturated carbocycles. The molecule has 3 aromatic rings. The third-order valence-corrected chi connectivity index (χ3v) is 4.78. The molecule has 138 valence electrons. The standard InChI is InChI=1S/C18H16N4O4S/c1-11-3-2-4-14-16(11)21-18(27-14)20-15(23)9-10-19-17(24)12-5-7-13(8-6-12)22(25)26/h2-8H,9-10H2,1H3,(H,19,24)(H,20,21,23). The van der Waals surface area contributed by atoms with E-state index in [1.54, 1.807) is 0 Å². The summed E-state index contributed by atoms with van der Waals surface area (Å²) in [6.07, 6.45) is 0.0909. The maximum atomic E-state index is 12.0. The van der Waals surface area contributed by atoms with Gasteiger partial charge in [0.2, 0.25) is 5.91 Å². The monoisotopic (exact) mass is 384 g/mol. The predicted molar refractivity (Wildman–Crippen MR) is 103 cm³/mol. The first-order valence-corrected chi connectivity index (χ1v) is 8.94. The zero-order valence-corrected chi connectivity index (χ0v) is 15.2. The van der Waals surface area contributed by atoms with E-state index in [0.717, 1.165) is 15.8 Å². The van der Waals surface area contributed by atoms with Crippen molar-refractivity contribution in [3.63, 3.8) is 0 Å². The zero-order valence-electron chi connectivity index (χ0n) is 14.4. The number of nitrogens with one attached hydrogen (secondary N) is 2. The number of hydrogen-bond donors (Lipinski definition) is 2. The number of fused-ring (bicyclic) bond motifs is 1. The Hall–Kier alpha value is -3.33. The van der Waals surface area contributed by atoms with Crippen molar-refractivity contribution >= 4 is 44.2 Å². The van der Waals surface area contributed by atoms with Gasteiger partial charge in [-0.2, -0.15) is 0 Å². The van der Waals surface area contributed by atoms with Gasteiger partial charge in [0.1, 0.15) is 0 Å². The third kappa shape index (κ3) is 4.45. The molecule has 0 aliphatic heterocycles. The highest BCUT2D eigenvalue weighted by Gasteiger charge is 2.11. The number of benzene rings is 2. The predicted octanol–water partition coefficient (Wildman–Crippen LogP) is 3.27. The quantitative estimate of drug-likeness (QED) is 0.500. The molecule has 2 N–H and O–H groups in total. The number of aryl methyl sites for hydroxylation is 1. The molecule has 0 unspecified atom stereocenters. The molecule has 0 fully saturated rings. The minimum absolute atomic E-state index is 0.0861. The molecule has 0 atom stereocenters. The smallest absolute Gasteiger partial charge is 0.269 e. The lowest BCUT2D eigenvalue weighted by Gasteiger charge is -2.05. The summed E-state index contributed by atoms with van der Waals surface area (Å²) in [7, 11) is 0. The van der Waals surface area contributed by atoms with E-state index in [0.29, 0.717) is 10.7 Å². The third-order valence-electron chi connectivity index (χ3n) is 3.85. The first-order chi connectivity index (χ1) is 12.9. The van der Waals surface area contributed by atoms with Gasteiger partial charge in [0.05, 0.1) is 15.1 Å². The minimum atomic E-state index is -0.532. The lowest BCUT2D eigenvalue weighted by Crippen LogP contribution is -2.27. The number of nitrogens with zero attached hydrogens (tertiary/aromatic N) is 2. The van der Waals surface area contributed by atoms with Gasteiger partial charge >= 0.3 is 0 Å². The zero-order chi connectivity index (χ0) is 19.4. The number of aromatic nitrogens is 1. The number of amides is 2. The number of anilines is 1. The van der Waals surface area contributed by atoms with E-state index in [-0.39, 0.29) is 24.6 Å². The van der Waals surface area contributed by atoms with Crippen molar-refractivity contribution in [1.29, 1.82) is 0 Å². The van der Waals surface area contributed by atoms with Gasteiger partial charge in [0, 0.05) is 30.7 Å². The van der Waals surface area contributed by atoms with Crippen LogP contribution in [0.25, 0.3) is 10.2 Å². The fraction of sp³-hybridized carbons (Fsp3) is 0.167. The highest BCUT2D eigenvalue weighted by Crippen LogP contribution is 2.27. The Morgan fingerprint density at radius 3 is 2.59 bits per heavy atom. The number of thiazole rings is 1.